The van der Waals surface area contributed by atoms with E-state index in [2.05, 4.69) is 5.32 Å². The van der Waals surface area contributed by atoms with Crippen LogP contribution in [0.3, 0.4) is 0 Å². The maximum atomic E-state index is 5.30. The molecule has 0 aromatic carbocycles. The van der Waals surface area contributed by atoms with Crippen LogP contribution in [0.5, 0.6) is 0 Å². The lowest BCUT2D eigenvalue weighted by Crippen LogP contribution is -2.22. The molecule has 3 heteroatoms. The molecular weight excluding hydrogens is 128 g/mol. The molecule has 0 amide bonds. The van der Waals surface area contributed by atoms with Crippen LogP contribution >= 0.6 is 0 Å². The van der Waals surface area contributed by atoms with Gasteiger partial charge in [-0.15, -0.1) is 0 Å². The van der Waals surface area contributed by atoms with Gasteiger partial charge in [-0.3, -0.25) is 0 Å². The molecular formula is C7H18N2O. The van der Waals surface area contributed by atoms with Gasteiger partial charge >= 0.3 is 0 Å². The fourth-order valence-electron chi connectivity index (χ4n) is 0.641. The van der Waals surface area contributed by atoms with Gasteiger partial charge in [0.25, 0.3) is 0 Å². The lowest BCUT2D eigenvalue weighted by Gasteiger charge is -2.02. The Kier molecular flexibility index (Phi) is 8.77. The summed E-state index contributed by atoms with van der Waals surface area (Å²) in [4.78, 5) is 0. The number of hydrogen-bond donors (Lipinski definition) is 2. The maximum Gasteiger partial charge on any atom is 0.0590 e. The molecule has 0 radical (unpaired) electrons. The van der Waals surface area contributed by atoms with E-state index in [1.165, 1.54) is 0 Å². The molecule has 3 N–H and O–H groups in total. The highest BCUT2D eigenvalue weighted by atomic mass is 16.5. The molecule has 0 fully saturated rings. The summed E-state index contributed by atoms with van der Waals surface area (Å²) in [5.74, 6) is 0. The number of nitrogens with two attached hydrogens (primary N) is 1. The van der Waals surface area contributed by atoms with E-state index in [9.17, 15) is 0 Å². The molecule has 0 spiro atoms. The summed E-state index contributed by atoms with van der Waals surface area (Å²) < 4.78 is 5.12. The van der Waals surface area contributed by atoms with Crippen LogP contribution in [0.4, 0.5) is 0 Å². The molecule has 62 valence electrons. The van der Waals surface area contributed by atoms with E-state index in [1.54, 1.807) is 0 Å². The third kappa shape index (κ3) is 7.88. The Morgan fingerprint density at radius 2 is 2.20 bits per heavy atom. The Morgan fingerprint density at radius 1 is 1.40 bits per heavy atom. The van der Waals surface area contributed by atoms with Crippen LogP contribution in [0.2, 0.25) is 0 Å². The number of ether oxygens (including phenoxy) is 1. The highest BCUT2D eigenvalue weighted by Crippen LogP contribution is 1.72. The van der Waals surface area contributed by atoms with Crippen molar-refractivity contribution in [1.82, 2.24) is 5.32 Å². The van der Waals surface area contributed by atoms with Crippen LogP contribution in [0, 0.1) is 0 Å². The topological polar surface area (TPSA) is 47.3 Å². The highest BCUT2D eigenvalue weighted by molar-refractivity contribution is 4.46. The first kappa shape index (κ1) is 9.88. The van der Waals surface area contributed by atoms with Crippen LogP contribution in [0.1, 0.15) is 13.3 Å². The zero-order chi connectivity index (χ0) is 7.66. The van der Waals surface area contributed by atoms with E-state index in [-0.39, 0.29) is 0 Å². The zero-order valence-electron chi connectivity index (χ0n) is 6.73. The minimum absolute atomic E-state index is 0.766. The standard InChI is InChI=1S/C7H18N2O/c1-2-10-7-6-9-5-3-4-8/h9H,2-8H2,1H3. The van der Waals surface area contributed by atoms with Gasteiger partial charge in [0, 0.05) is 13.2 Å². The van der Waals surface area contributed by atoms with Gasteiger partial charge in [-0.25, -0.2) is 0 Å². The fourth-order valence-corrected chi connectivity index (χ4v) is 0.641. The normalized spacial score (nSPS) is 10.2. The van der Waals surface area contributed by atoms with Crippen molar-refractivity contribution < 1.29 is 4.74 Å². The van der Waals surface area contributed by atoms with Crippen molar-refractivity contribution in [1.29, 1.82) is 0 Å². The summed E-state index contributed by atoms with van der Waals surface area (Å²) in [5.41, 5.74) is 5.30. The second-order valence-corrected chi connectivity index (χ2v) is 2.09. The molecule has 0 aliphatic carbocycles. The van der Waals surface area contributed by atoms with E-state index in [1.807, 2.05) is 6.92 Å². The van der Waals surface area contributed by atoms with Crippen molar-refractivity contribution in [3.05, 3.63) is 0 Å². The van der Waals surface area contributed by atoms with Crippen molar-refractivity contribution in [2.24, 2.45) is 5.73 Å². The molecule has 0 unspecified atom stereocenters. The highest BCUT2D eigenvalue weighted by Gasteiger charge is 1.84. The van der Waals surface area contributed by atoms with Gasteiger partial charge in [0.1, 0.15) is 0 Å². The van der Waals surface area contributed by atoms with Gasteiger partial charge in [-0.1, -0.05) is 0 Å². The predicted octanol–water partition coefficient (Wildman–Crippen LogP) is -0.0387. The summed E-state index contributed by atoms with van der Waals surface area (Å²) in [5, 5.41) is 3.22. The molecule has 3 nitrogen and oxygen atoms in total. The van der Waals surface area contributed by atoms with Crippen LogP contribution in [-0.4, -0.2) is 32.8 Å². The Balaban J connectivity index is 2.65. The quantitative estimate of drug-likeness (QED) is 0.495. The van der Waals surface area contributed by atoms with Crippen molar-refractivity contribution in [3.63, 3.8) is 0 Å². The number of rotatable bonds is 7. The molecule has 0 aliphatic rings. The average Bonchev–Trinajstić information content (AvgIpc) is 1.97. The van der Waals surface area contributed by atoms with Gasteiger partial charge in [0.05, 0.1) is 6.61 Å². The van der Waals surface area contributed by atoms with E-state index in [0.29, 0.717) is 0 Å². The van der Waals surface area contributed by atoms with E-state index >= 15 is 0 Å². The van der Waals surface area contributed by atoms with Crippen molar-refractivity contribution in [2.75, 3.05) is 32.8 Å². The third-order valence-electron chi connectivity index (χ3n) is 1.18. The lowest BCUT2D eigenvalue weighted by molar-refractivity contribution is 0.149. The second kappa shape index (κ2) is 8.88. The smallest absolute Gasteiger partial charge is 0.0590 e. The summed E-state index contributed by atoms with van der Waals surface area (Å²) in [6.07, 6.45) is 1.05. The zero-order valence-corrected chi connectivity index (χ0v) is 6.73. The molecule has 0 heterocycles. The Morgan fingerprint density at radius 3 is 2.80 bits per heavy atom. The molecule has 0 aromatic rings. The molecule has 0 aromatic heterocycles. The minimum atomic E-state index is 0.766. The molecule has 0 aliphatic heterocycles. The number of nitrogens with one attached hydrogen (secondary N) is 1. The van der Waals surface area contributed by atoms with Crippen molar-refractivity contribution >= 4 is 0 Å². The second-order valence-electron chi connectivity index (χ2n) is 2.09. The predicted molar refractivity (Wildman–Crippen MR) is 43.0 cm³/mol. The first-order valence-electron chi connectivity index (χ1n) is 3.90. The van der Waals surface area contributed by atoms with E-state index < -0.39 is 0 Å². The van der Waals surface area contributed by atoms with E-state index in [0.717, 1.165) is 39.3 Å². The molecule has 0 atom stereocenters. The van der Waals surface area contributed by atoms with Crippen molar-refractivity contribution in [2.45, 2.75) is 13.3 Å². The van der Waals surface area contributed by atoms with Crippen molar-refractivity contribution in [3.8, 4) is 0 Å². The monoisotopic (exact) mass is 146 g/mol. The summed E-state index contributed by atoms with van der Waals surface area (Å²) in [7, 11) is 0. The molecule has 0 bridgehead atoms. The van der Waals surface area contributed by atoms with E-state index in [4.69, 9.17) is 10.5 Å². The van der Waals surface area contributed by atoms with Gasteiger partial charge < -0.3 is 15.8 Å². The van der Waals surface area contributed by atoms with Crippen LogP contribution in [0.25, 0.3) is 0 Å². The molecule has 10 heavy (non-hydrogen) atoms. The van der Waals surface area contributed by atoms with Gasteiger partial charge in [0.15, 0.2) is 0 Å². The largest absolute Gasteiger partial charge is 0.380 e. The Bertz CT molecular complexity index is 51.6. The molecule has 0 saturated heterocycles. The van der Waals surface area contributed by atoms with Gasteiger partial charge in [-0.2, -0.15) is 0 Å². The minimum Gasteiger partial charge on any atom is -0.380 e. The lowest BCUT2D eigenvalue weighted by atomic mass is 10.4. The van der Waals surface area contributed by atoms with Gasteiger partial charge in [-0.05, 0) is 26.4 Å². The number of hydrogen-bond acceptors (Lipinski definition) is 3. The third-order valence-corrected chi connectivity index (χ3v) is 1.18. The fraction of sp³-hybridized carbons (Fsp3) is 1.00. The molecule has 0 saturated carbocycles. The first-order chi connectivity index (χ1) is 4.91. The maximum absolute atomic E-state index is 5.30. The Hall–Kier alpha value is -0.120. The summed E-state index contributed by atoms with van der Waals surface area (Å²) in [6.45, 7) is 6.32. The van der Waals surface area contributed by atoms with Gasteiger partial charge in [0.2, 0.25) is 0 Å². The van der Waals surface area contributed by atoms with Crippen LogP contribution < -0.4 is 11.1 Å². The average molecular weight is 146 g/mol. The van der Waals surface area contributed by atoms with Crippen LogP contribution in [0.15, 0.2) is 0 Å². The first-order valence-corrected chi connectivity index (χ1v) is 3.90. The summed E-state index contributed by atoms with van der Waals surface area (Å²) >= 11 is 0. The van der Waals surface area contributed by atoms with Crippen LogP contribution in [-0.2, 0) is 4.74 Å². The Labute approximate surface area is 62.9 Å². The summed E-state index contributed by atoms with van der Waals surface area (Å²) in [6, 6.07) is 0. The SMILES string of the molecule is CCOCCNCCCN. The molecule has 0 rings (SSSR count).